The Kier molecular flexibility index (Phi) is 4.70. The van der Waals surface area contributed by atoms with E-state index < -0.39 is 0 Å². The van der Waals surface area contributed by atoms with Crippen molar-refractivity contribution in [2.24, 2.45) is 0 Å². The molecule has 5 nitrogen and oxygen atoms in total. The topological polar surface area (TPSA) is 56.3 Å². The molecule has 2 heterocycles. The maximum absolute atomic E-state index is 6.07. The Hall–Kier alpha value is -1.11. The Morgan fingerprint density at radius 1 is 1.27 bits per heavy atom. The molecule has 2 N–H and O–H groups in total. The number of morpholine rings is 1. The van der Waals surface area contributed by atoms with Crippen LogP contribution in [0.3, 0.4) is 0 Å². The zero-order chi connectivity index (χ0) is 15.7. The highest BCUT2D eigenvalue weighted by molar-refractivity contribution is 9.10. The van der Waals surface area contributed by atoms with Crippen molar-refractivity contribution in [3.63, 3.8) is 0 Å². The minimum Gasteiger partial charge on any atom is -0.373 e. The van der Waals surface area contributed by atoms with E-state index in [9.17, 15) is 0 Å². The summed E-state index contributed by atoms with van der Waals surface area (Å²) >= 11 is 3.52. The molecule has 1 aromatic heterocycles. The number of ether oxygens (including phenoxy) is 1. The molecule has 6 heteroatoms. The largest absolute Gasteiger partial charge is 0.373 e. The van der Waals surface area contributed by atoms with Gasteiger partial charge in [-0.3, -0.25) is 4.90 Å². The maximum atomic E-state index is 6.07. The molecule has 0 amide bonds. The fourth-order valence-corrected chi connectivity index (χ4v) is 3.62. The number of halogens is 1. The molecule has 1 saturated heterocycles. The summed E-state index contributed by atoms with van der Waals surface area (Å²) in [7, 11) is 0. The molecule has 0 aliphatic carbocycles. The lowest BCUT2D eigenvalue weighted by Crippen LogP contribution is -2.45. The first kappa shape index (κ1) is 15.8. The van der Waals surface area contributed by atoms with Crippen LogP contribution in [0.4, 0.5) is 5.95 Å². The molecule has 1 aliphatic heterocycles. The first-order chi connectivity index (χ1) is 10.5. The second-order valence-electron chi connectivity index (χ2n) is 6.13. The Morgan fingerprint density at radius 2 is 2.00 bits per heavy atom. The summed E-state index contributed by atoms with van der Waals surface area (Å²) in [4.78, 5) is 6.91. The maximum Gasteiger partial charge on any atom is 0.201 e. The lowest BCUT2D eigenvalue weighted by molar-refractivity contribution is -0.0682. The minimum absolute atomic E-state index is 0.318. The molecule has 0 saturated carbocycles. The summed E-state index contributed by atoms with van der Waals surface area (Å²) in [5.74, 6) is 0.594. The fourth-order valence-electron chi connectivity index (χ4n) is 3.27. The average Bonchev–Trinajstić information content (AvgIpc) is 2.74. The molecule has 3 rings (SSSR count). The smallest absolute Gasteiger partial charge is 0.201 e. The predicted octanol–water partition coefficient (Wildman–Crippen LogP) is 2.88. The summed E-state index contributed by atoms with van der Waals surface area (Å²) in [6.45, 7) is 8.25. The highest BCUT2D eigenvalue weighted by Crippen LogP contribution is 2.22. The van der Waals surface area contributed by atoms with Crippen LogP contribution < -0.4 is 5.73 Å². The number of aryl methyl sites for hydroxylation is 1. The van der Waals surface area contributed by atoms with Crippen LogP contribution in [0, 0.1) is 0 Å². The van der Waals surface area contributed by atoms with E-state index in [1.807, 2.05) is 12.1 Å². The molecule has 0 spiro atoms. The minimum atomic E-state index is 0.318. The molecule has 120 valence electrons. The molecule has 0 radical (unpaired) electrons. The van der Waals surface area contributed by atoms with Crippen LogP contribution in [0.1, 0.15) is 20.3 Å². The standard InChI is InChI=1S/C16H23BrN4O/c1-11-9-20(10-12(2)22-11)6-3-7-21-15-8-13(17)4-5-14(15)19-16(21)18/h4-5,8,11-12H,3,6-7,9-10H2,1-2H3,(H2,18,19). The first-order valence-corrected chi connectivity index (χ1v) is 8.61. The zero-order valence-electron chi connectivity index (χ0n) is 13.1. The number of hydrogen-bond acceptors (Lipinski definition) is 4. The van der Waals surface area contributed by atoms with E-state index in [0.717, 1.165) is 48.1 Å². The monoisotopic (exact) mass is 366 g/mol. The molecule has 1 aliphatic rings. The zero-order valence-corrected chi connectivity index (χ0v) is 14.7. The Labute approximate surface area is 139 Å². The van der Waals surface area contributed by atoms with Gasteiger partial charge in [-0.2, -0.15) is 0 Å². The van der Waals surface area contributed by atoms with Gasteiger partial charge in [0.15, 0.2) is 0 Å². The molecular weight excluding hydrogens is 344 g/mol. The summed E-state index contributed by atoms with van der Waals surface area (Å²) in [6.07, 6.45) is 1.69. The number of rotatable bonds is 4. The van der Waals surface area contributed by atoms with Crippen LogP contribution in [0.5, 0.6) is 0 Å². The lowest BCUT2D eigenvalue weighted by atomic mass is 10.2. The summed E-state index contributed by atoms with van der Waals surface area (Å²) < 4.78 is 8.93. The lowest BCUT2D eigenvalue weighted by Gasteiger charge is -2.35. The van der Waals surface area contributed by atoms with Gasteiger partial charge in [0.1, 0.15) is 0 Å². The Balaban J connectivity index is 1.64. The number of hydrogen-bond donors (Lipinski definition) is 1. The third-order valence-corrected chi connectivity index (χ3v) is 4.58. The van der Waals surface area contributed by atoms with Gasteiger partial charge in [0.05, 0.1) is 23.2 Å². The van der Waals surface area contributed by atoms with Crippen LogP contribution in [-0.2, 0) is 11.3 Å². The molecular formula is C16H23BrN4O. The van der Waals surface area contributed by atoms with Crippen LogP contribution in [0.15, 0.2) is 22.7 Å². The third-order valence-electron chi connectivity index (χ3n) is 4.09. The van der Waals surface area contributed by atoms with Gasteiger partial charge in [0, 0.05) is 30.7 Å². The van der Waals surface area contributed by atoms with E-state index in [1.165, 1.54) is 0 Å². The summed E-state index contributed by atoms with van der Waals surface area (Å²) in [6, 6.07) is 6.07. The SMILES string of the molecule is CC1CN(CCCn2c(N)nc3ccc(Br)cc32)CC(C)O1. The van der Waals surface area contributed by atoms with Gasteiger partial charge in [0.2, 0.25) is 5.95 Å². The Bertz CT molecular complexity index is 647. The van der Waals surface area contributed by atoms with Crippen molar-refractivity contribution in [3.8, 4) is 0 Å². The quantitative estimate of drug-likeness (QED) is 0.903. The van der Waals surface area contributed by atoms with Crippen molar-refractivity contribution in [1.29, 1.82) is 0 Å². The van der Waals surface area contributed by atoms with Crippen molar-refractivity contribution >= 4 is 32.9 Å². The van der Waals surface area contributed by atoms with E-state index in [0.29, 0.717) is 18.2 Å². The van der Waals surface area contributed by atoms with Gasteiger partial charge in [-0.25, -0.2) is 4.98 Å². The number of fused-ring (bicyclic) bond motifs is 1. The summed E-state index contributed by atoms with van der Waals surface area (Å²) in [5.41, 5.74) is 8.12. The highest BCUT2D eigenvalue weighted by Gasteiger charge is 2.21. The van der Waals surface area contributed by atoms with Crippen LogP contribution in [0.2, 0.25) is 0 Å². The number of nitrogens with zero attached hydrogens (tertiary/aromatic N) is 3. The first-order valence-electron chi connectivity index (χ1n) is 7.82. The van der Waals surface area contributed by atoms with Crippen LogP contribution in [0.25, 0.3) is 11.0 Å². The predicted molar refractivity (Wildman–Crippen MR) is 92.9 cm³/mol. The van der Waals surface area contributed by atoms with E-state index in [2.05, 4.69) is 50.3 Å². The Morgan fingerprint density at radius 3 is 2.73 bits per heavy atom. The average molecular weight is 367 g/mol. The van der Waals surface area contributed by atoms with Crippen molar-refractivity contribution in [1.82, 2.24) is 14.5 Å². The summed E-state index contributed by atoms with van der Waals surface area (Å²) in [5, 5.41) is 0. The molecule has 22 heavy (non-hydrogen) atoms. The van der Waals surface area contributed by atoms with Crippen molar-refractivity contribution in [2.75, 3.05) is 25.4 Å². The van der Waals surface area contributed by atoms with E-state index >= 15 is 0 Å². The molecule has 2 aromatic rings. The van der Waals surface area contributed by atoms with Gasteiger partial charge in [-0.1, -0.05) is 15.9 Å². The second kappa shape index (κ2) is 6.56. The van der Waals surface area contributed by atoms with Crippen molar-refractivity contribution < 1.29 is 4.74 Å². The van der Waals surface area contributed by atoms with E-state index in [4.69, 9.17) is 10.5 Å². The number of imidazole rings is 1. The van der Waals surface area contributed by atoms with Crippen LogP contribution in [-0.4, -0.2) is 46.3 Å². The van der Waals surface area contributed by atoms with Crippen LogP contribution >= 0.6 is 15.9 Å². The van der Waals surface area contributed by atoms with Gasteiger partial charge in [-0.15, -0.1) is 0 Å². The van der Waals surface area contributed by atoms with Gasteiger partial charge in [0.25, 0.3) is 0 Å². The molecule has 1 fully saturated rings. The normalized spacial score (nSPS) is 23.2. The molecule has 0 bridgehead atoms. The number of nitrogens with two attached hydrogens (primary N) is 1. The highest BCUT2D eigenvalue weighted by atomic mass is 79.9. The number of aromatic nitrogens is 2. The third kappa shape index (κ3) is 3.45. The second-order valence-corrected chi connectivity index (χ2v) is 7.04. The van der Waals surface area contributed by atoms with Gasteiger partial charge in [-0.05, 0) is 38.5 Å². The number of nitrogen functional groups attached to an aromatic ring is 1. The number of anilines is 1. The van der Waals surface area contributed by atoms with E-state index in [-0.39, 0.29) is 0 Å². The molecule has 1 aromatic carbocycles. The van der Waals surface area contributed by atoms with Crippen molar-refractivity contribution in [2.45, 2.75) is 39.0 Å². The van der Waals surface area contributed by atoms with E-state index in [1.54, 1.807) is 0 Å². The molecule has 2 atom stereocenters. The van der Waals surface area contributed by atoms with Gasteiger partial charge < -0.3 is 15.0 Å². The van der Waals surface area contributed by atoms with Crippen molar-refractivity contribution in [3.05, 3.63) is 22.7 Å². The number of benzene rings is 1. The fraction of sp³-hybridized carbons (Fsp3) is 0.562. The molecule has 2 unspecified atom stereocenters. The van der Waals surface area contributed by atoms with Gasteiger partial charge >= 0.3 is 0 Å².